The van der Waals surface area contributed by atoms with Gasteiger partial charge in [0.05, 0.1) is 18.4 Å². The zero-order valence-electron chi connectivity index (χ0n) is 15.8. The number of hydrazine groups is 1. The number of carbonyl (C=O) groups excluding carboxylic acids is 3. The third-order valence-corrected chi connectivity index (χ3v) is 5.76. The Morgan fingerprint density at radius 3 is 2.55 bits per heavy atom. The Hall–Kier alpha value is -3.33. The summed E-state index contributed by atoms with van der Waals surface area (Å²) in [5.41, 5.74) is 6.53. The number of phenolic OH excluding ortho intramolecular Hbond substituents is 1. The molecule has 0 saturated carbocycles. The molecular weight excluding hydrogens is 394 g/mol. The van der Waals surface area contributed by atoms with E-state index in [4.69, 9.17) is 4.74 Å². The number of para-hydroxylation sites is 1. The largest absolute Gasteiger partial charge is 0.507 e. The number of rotatable bonds is 5. The van der Waals surface area contributed by atoms with Gasteiger partial charge in [0.1, 0.15) is 10.8 Å². The molecule has 29 heavy (non-hydrogen) atoms. The molecule has 0 saturated heterocycles. The average molecular weight is 415 g/mol. The number of aromatic hydroxyl groups is 1. The van der Waals surface area contributed by atoms with E-state index in [1.54, 1.807) is 18.2 Å². The fraction of sp³-hybridized carbons (Fsp3) is 0.250. The van der Waals surface area contributed by atoms with Crippen LogP contribution >= 0.6 is 11.3 Å². The number of esters is 1. The number of carbonyl (C=O) groups is 3. The highest BCUT2D eigenvalue weighted by Crippen LogP contribution is 2.38. The average Bonchev–Trinajstić information content (AvgIpc) is 3.09. The molecule has 4 N–H and O–H groups in total. The van der Waals surface area contributed by atoms with Gasteiger partial charge >= 0.3 is 17.8 Å². The maximum Gasteiger partial charge on any atom is 0.341 e. The summed E-state index contributed by atoms with van der Waals surface area (Å²) >= 11 is 1.29. The van der Waals surface area contributed by atoms with Crippen LogP contribution in [-0.2, 0) is 27.2 Å². The number of fused-ring (bicyclic) bond motifs is 1. The van der Waals surface area contributed by atoms with E-state index in [2.05, 4.69) is 22.7 Å². The number of thiophene rings is 1. The summed E-state index contributed by atoms with van der Waals surface area (Å²) in [4.78, 5) is 37.7. The Morgan fingerprint density at radius 2 is 1.83 bits per heavy atom. The lowest BCUT2D eigenvalue weighted by molar-refractivity contribution is -0.136. The van der Waals surface area contributed by atoms with Crippen molar-refractivity contribution >= 4 is 39.8 Å². The van der Waals surface area contributed by atoms with Gasteiger partial charge in [0, 0.05) is 10.4 Å². The molecule has 0 fully saturated rings. The Kier molecular flexibility index (Phi) is 6.18. The zero-order chi connectivity index (χ0) is 21.0. The smallest absolute Gasteiger partial charge is 0.341 e. The molecule has 1 heterocycles. The van der Waals surface area contributed by atoms with Crippen molar-refractivity contribution < 1.29 is 24.2 Å². The third-order valence-electron chi connectivity index (χ3n) is 4.55. The summed E-state index contributed by atoms with van der Waals surface area (Å²) in [5.74, 6) is -2.46. The minimum Gasteiger partial charge on any atom is -0.507 e. The predicted molar refractivity (Wildman–Crippen MR) is 109 cm³/mol. The topological polar surface area (TPSA) is 117 Å². The second-order valence-electron chi connectivity index (χ2n) is 6.44. The number of hydrogen-bond donors (Lipinski definition) is 4. The predicted octanol–water partition coefficient (Wildman–Crippen LogP) is 2.35. The van der Waals surface area contributed by atoms with Gasteiger partial charge in [-0.2, -0.15) is 0 Å². The SMILES string of the molecule is C=C(NNC(=O)C(=O)Nc1sc2c(c1C(=O)OC)CCCC2)c1ccccc1O. The van der Waals surface area contributed by atoms with Crippen LogP contribution in [0.5, 0.6) is 5.75 Å². The van der Waals surface area contributed by atoms with Gasteiger partial charge in [0.2, 0.25) is 0 Å². The number of ether oxygens (including phenoxy) is 1. The van der Waals surface area contributed by atoms with E-state index in [0.717, 1.165) is 36.1 Å². The van der Waals surface area contributed by atoms with E-state index in [0.29, 0.717) is 16.1 Å². The third kappa shape index (κ3) is 4.40. The van der Waals surface area contributed by atoms with E-state index in [1.807, 2.05) is 0 Å². The number of aryl methyl sites for hydroxylation is 1. The van der Waals surface area contributed by atoms with Gasteiger partial charge in [0.15, 0.2) is 0 Å². The lowest BCUT2D eigenvalue weighted by Gasteiger charge is -2.12. The van der Waals surface area contributed by atoms with Crippen LogP contribution in [-0.4, -0.2) is 30.0 Å². The number of amides is 2. The van der Waals surface area contributed by atoms with Crippen LogP contribution in [0.1, 0.15) is 39.2 Å². The van der Waals surface area contributed by atoms with Gasteiger partial charge in [-0.25, -0.2) is 4.79 Å². The summed E-state index contributed by atoms with van der Waals surface area (Å²) in [5, 5.41) is 12.6. The standard InChI is InChI=1S/C20H21N3O5S/c1-11(12-7-3-5-9-14(12)24)22-23-18(26)17(25)21-19-16(20(27)28-2)13-8-4-6-10-15(13)29-19/h3,5,7,9,22,24H,1,4,6,8,10H2,2H3,(H,21,25)(H,23,26). The molecule has 2 aromatic rings. The van der Waals surface area contributed by atoms with Gasteiger partial charge in [-0.05, 0) is 43.4 Å². The van der Waals surface area contributed by atoms with E-state index in [1.165, 1.54) is 24.5 Å². The molecule has 9 heteroatoms. The van der Waals surface area contributed by atoms with Crippen LogP contribution in [0.15, 0.2) is 30.8 Å². The highest BCUT2D eigenvalue weighted by Gasteiger charge is 2.28. The molecule has 0 unspecified atom stereocenters. The molecule has 3 rings (SSSR count). The number of anilines is 1. The molecule has 0 radical (unpaired) electrons. The molecule has 0 atom stereocenters. The first-order valence-corrected chi connectivity index (χ1v) is 9.81. The van der Waals surface area contributed by atoms with Crippen molar-refractivity contribution in [1.29, 1.82) is 0 Å². The number of benzene rings is 1. The minimum atomic E-state index is -0.969. The Bertz CT molecular complexity index is 982. The first-order valence-electron chi connectivity index (χ1n) is 8.99. The summed E-state index contributed by atoms with van der Waals surface area (Å²) in [6, 6.07) is 6.43. The maximum atomic E-state index is 12.3. The normalized spacial score (nSPS) is 12.4. The lowest BCUT2D eigenvalue weighted by atomic mass is 9.95. The van der Waals surface area contributed by atoms with Crippen molar-refractivity contribution in [1.82, 2.24) is 10.9 Å². The molecule has 0 bridgehead atoms. The lowest BCUT2D eigenvalue weighted by Crippen LogP contribution is -2.42. The molecule has 8 nitrogen and oxygen atoms in total. The number of hydrogen-bond acceptors (Lipinski definition) is 7. The van der Waals surface area contributed by atoms with E-state index < -0.39 is 17.8 Å². The molecule has 1 aromatic heterocycles. The maximum absolute atomic E-state index is 12.3. The van der Waals surface area contributed by atoms with Crippen LogP contribution in [0.2, 0.25) is 0 Å². The van der Waals surface area contributed by atoms with E-state index >= 15 is 0 Å². The summed E-state index contributed by atoms with van der Waals surface area (Å²) in [6.45, 7) is 3.72. The number of nitrogens with one attached hydrogen (secondary N) is 3. The van der Waals surface area contributed by atoms with Gasteiger partial charge in [-0.1, -0.05) is 18.7 Å². The van der Waals surface area contributed by atoms with E-state index in [-0.39, 0.29) is 11.4 Å². The minimum absolute atomic E-state index is 0.0180. The summed E-state index contributed by atoms with van der Waals surface area (Å²) < 4.78 is 4.85. The zero-order valence-corrected chi connectivity index (χ0v) is 16.6. The van der Waals surface area contributed by atoms with Gasteiger partial charge in [-0.15, -0.1) is 11.3 Å². The first-order chi connectivity index (χ1) is 13.9. The molecular formula is C20H21N3O5S. The monoisotopic (exact) mass is 415 g/mol. The fourth-order valence-electron chi connectivity index (χ4n) is 3.12. The molecule has 2 amide bonds. The Labute approximate surface area is 171 Å². The van der Waals surface area contributed by atoms with Gasteiger partial charge in [-0.3, -0.25) is 20.4 Å². The van der Waals surface area contributed by atoms with E-state index in [9.17, 15) is 19.5 Å². The van der Waals surface area contributed by atoms with Crippen LogP contribution in [0.25, 0.3) is 5.70 Å². The first kappa shape index (κ1) is 20.4. The van der Waals surface area contributed by atoms with Crippen molar-refractivity contribution in [3.63, 3.8) is 0 Å². The fourth-order valence-corrected chi connectivity index (χ4v) is 4.39. The second kappa shape index (κ2) is 8.78. The molecule has 1 aliphatic carbocycles. The summed E-state index contributed by atoms with van der Waals surface area (Å²) in [7, 11) is 1.28. The second-order valence-corrected chi connectivity index (χ2v) is 7.54. The molecule has 1 aliphatic rings. The molecule has 0 spiro atoms. The molecule has 152 valence electrons. The highest BCUT2D eigenvalue weighted by molar-refractivity contribution is 7.17. The molecule has 0 aliphatic heterocycles. The van der Waals surface area contributed by atoms with Crippen molar-refractivity contribution in [2.45, 2.75) is 25.7 Å². The Morgan fingerprint density at radius 1 is 1.10 bits per heavy atom. The van der Waals surface area contributed by atoms with Crippen molar-refractivity contribution in [2.24, 2.45) is 0 Å². The van der Waals surface area contributed by atoms with Crippen LogP contribution in [0.3, 0.4) is 0 Å². The quantitative estimate of drug-likeness (QED) is 0.338. The Balaban J connectivity index is 1.68. The number of methoxy groups -OCH3 is 1. The van der Waals surface area contributed by atoms with Crippen LogP contribution < -0.4 is 16.2 Å². The summed E-state index contributed by atoms with van der Waals surface area (Å²) in [6.07, 6.45) is 3.54. The van der Waals surface area contributed by atoms with Crippen molar-refractivity contribution in [3.05, 3.63) is 52.4 Å². The van der Waals surface area contributed by atoms with Gasteiger partial charge in [0.25, 0.3) is 0 Å². The highest BCUT2D eigenvalue weighted by atomic mass is 32.1. The van der Waals surface area contributed by atoms with Crippen LogP contribution in [0, 0.1) is 0 Å². The van der Waals surface area contributed by atoms with Crippen molar-refractivity contribution in [3.8, 4) is 5.75 Å². The van der Waals surface area contributed by atoms with Crippen LogP contribution in [0.4, 0.5) is 5.00 Å². The van der Waals surface area contributed by atoms with Gasteiger partial charge < -0.3 is 15.2 Å². The van der Waals surface area contributed by atoms with Crippen molar-refractivity contribution in [2.75, 3.05) is 12.4 Å². The molecule has 1 aromatic carbocycles. The number of phenols is 1.